The van der Waals surface area contributed by atoms with Crippen LogP contribution in [0.4, 0.5) is 5.69 Å². The van der Waals surface area contributed by atoms with Gasteiger partial charge in [-0.1, -0.05) is 25.4 Å². The molecule has 0 saturated heterocycles. The molecule has 2 N–H and O–H groups in total. The minimum atomic E-state index is -0.0241. The lowest BCUT2D eigenvalue weighted by molar-refractivity contribution is 0.523. The Bertz CT molecular complexity index is 641. The SMILES string of the molecule is Cc1nc([C@H](Nc2ccc(C#N)c(Cl)c2)C(C)C)n[nH]1. The number of nitrogens with one attached hydrogen (secondary N) is 2. The number of aryl methyl sites for hydroxylation is 1. The van der Waals surface area contributed by atoms with Gasteiger partial charge in [0.05, 0.1) is 16.6 Å². The Hall–Kier alpha value is -2.06. The van der Waals surface area contributed by atoms with Gasteiger partial charge < -0.3 is 5.32 Å². The molecule has 5 nitrogen and oxygen atoms in total. The Kier molecular flexibility index (Phi) is 4.26. The standard InChI is InChI=1S/C14H16ClN5/c1-8(2)13(14-17-9(3)19-20-14)18-11-5-4-10(7-16)12(15)6-11/h4-6,8,13,18H,1-3H3,(H,17,19,20)/t13-/m1/s1. The van der Waals surface area contributed by atoms with E-state index in [1.807, 2.05) is 19.1 Å². The normalized spacial score (nSPS) is 12.2. The van der Waals surface area contributed by atoms with E-state index in [1.54, 1.807) is 12.1 Å². The van der Waals surface area contributed by atoms with Gasteiger partial charge in [0.25, 0.3) is 0 Å². The van der Waals surface area contributed by atoms with Gasteiger partial charge in [0.2, 0.25) is 0 Å². The second-order valence-electron chi connectivity index (χ2n) is 4.95. The molecule has 0 aliphatic heterocycles. The van der Waals surface area contributed by atoms with Gasteiger partial charge in [-0.25, -0.2) is 4.98 Å². The molecule has 0 aliphatic rings. The van der Waals surface area contributed by atoms with Crippen molar-refractivity contribution in [1.82, 2.24) is 15.2 Å². The Morgan fingerprint density at radius 2 is 2.15 bits per heavy atom. The van der Waals surface area contributed by atoms with E-state index in [-0.39, 0.29) is 6.04 Å². The number of benzene rings is 1. The van der Waals surface area contributed by atoms with Crippen molar-refractivity contribution in [3.63, 3.8) is 0 Å². The zero-order valence-electron chi connectivity index (χ0n) is 11.6. The largest absolute Gasteiger partial charge is 0.375 e. The van der Waals surface area contributed by atoms with E-state index in [9.17, 15) is 0 Å². The summed E-state index contributed by atoms with van der Waals surface area (Å²) in [7, 11) is 0. The second-order valence-corrected chi connectivity index (χ2v) is 5.36. The zero-order valence-corrected chi connectivity index (χ0v) is 12.4. The number of H-pyrrole nitrogens is 1. The molecule has 20 heavy (non-hydrogen) atoms. The number of aromatic amines is 1. The van der Waals surface area contributed by atoms with Crippen molar-refractivity contribution in [2.24, 2.45) is 5.92 Å². The molecule has 6 heteroatoms. The van der Waals surface area contributed by atoms with E-state index >= 15 is 0 Å². The molecule has 0 unspecified atom stereocenters. The van der Waals surface area contributed by atoms with Crippen molar-refractivity contribution in [1.29, 1.82) is 5.26 Å². The quantitative estimate of drug-likeness (QED) is 0.904. The summed E-state index contributed by atoms with van der Waals surface area (Å²) in [5.41, 5.74) is 1.31. The highest BCUT2D eigenvalue weighted by molar-refractivity contribution is 6.32. The first-order chi connectivity index (χ1) is 9.51. The third-order valence-electron chi connectivity index (χ3n) is 2.97. The molecule has 0 fully saturated rings. The van der Waals surface area contributed by atoms with Gasteiger partial charge in [-0.2, -0.15) is 10.4 Å². The topological polar surface area (TPSA) is 77.4 Å². The highest BCUT2D eigenvalue weighted by Gasteiger charge is 2.20. The minimum Gasteiger partial charge on any atom is -0.375 e. The summed E-state index contributed by atoms with van der Waals surface area (Å²) in [4.78, 5) is 4.37. The fourth-order valence-electron chi connectivity index (χ4n) is 1.90. The van der Waals surface area contributed by atoms with Gasteiger partial charge in [0.1, 0.15) is 11.9 Å². The average molecular weight is 290 g/mol. The molecule has 2 rings (SSSR count). The lowest BCUT2D eigenvalue weighted by Gasteiger charge is -2.20. The summed E-state index contributed by atoms with van der Waals surface area (Å²) in [6.45, 7) is 6.05. The van der Waals surface area contributed by atoms with Crippen molar-refractivity contribution < 1.29 is 0 Å². The highest BCUT2D eigenvalue weighted by Crippen LogP contribution is 2.27. The maximum absolute atomic E-state index is 8.88. The summed E-state index contributed by atoms with van der Waals surface area (Å²) in [5, 5.41) is 19.7. The highest BCUT2D eigenvalue weighted by atomic mass is 35.5. The molecule has 1 aromatic heterocycles. The molecule has 0 bridgehead atoms. The van der Waals surface area contributed by atoms with Crippen molar-refractivity contribution in [2.75, 3.05) is 5.32 Å². The van der Waals surface area contributed by atoms with Crippen LogP contribution in [0.3, 0.4) is 0 Å². The van der Waals surface area contributed by atoms with E-state index < -0.39 is 0 Å². The molecule has 2 aromatic rings. The van der Waals surface area contributed by atoms with Gasteiger partial charge in [0.15, 0.2) is 5.82 Å². The maximum atomic E-state index is 8.88. The Morgan fingerprint density at radius 1 is 1.40 bits per heavy atom. The van der Waals surface area contributed by atoms with Gasteiger partial charge in [-0.3, -0.25) is 5.10 Å². The molecule has 1 aromatic carbocycles. The van der Waals surface area contributed by atoms with Crippen LogP contribution in [0.15, 0.2) is 18.2 Å². The van der Waals surface area contributed by atoms with Crippen LogP contribution in [0.2, 0.25) is 5.02 Å². The fraction of sp³-hybridized carbons (Fsp3) is 0.357. The van der Waals surface area contributed by atoms with Gasteiger partial charge in [-0.05, 0) is 31.0 Å². The van der Waals surface area contributed by atoms with Crippen molar-refractivity contribution in [2.45, 2.75) is 26.8 Å². The lowest BCUT2D eigenvalue weighted by Crippen LogP contribution is -2.18. The van der Waals surface area contributed by atoms with Crippen molar-refractivity contribution >= 4 is 17.3 Å². The third kappa shape index (κ3) is 3.09. The second kappa shape index (κ2) is 5.93. The van der Waals surface area contributed by atoms with Crippen LogP contribution in [0.5, 0.6) is 0 Å². The van der Waals surface area contributed by atoms with E-state index in [4.69, 9.17) is 16.9 Å². The molecule has 0 spiro atoms. The van der Waals surface area contributed by atoms with Crippen LogP contribution in [0.25, 0.3) is 0 Å². The van der Waals surface area contributed by atoms with Crippen LogP contribution in [-0.4, -0.2) is 15.2 Å². The summed E-state index contributed by atoms with van der Waals surface area (Å²) in [6, 6.07) is 7.30. The molecule has 0 radical (unpaired) electrons. The van der Waals surface area contributed by atoms with E-state index in [2.05, 4.69) is 34.3 Å². The first-order valence-electron chi connectivity index (χ1n) is 6.36. The Labute approximate surface area is 123 Å². The number of hydrogen-bond donors (Lipinski definition) is 2. The molecular weight excluding hydrogens is 274 g/mol. The monoisotopic (exact) mass is 289 g/mol. The summed E-state index contributed by atoms with van der Waals surface area (Å²) >= 11 is 6.04. The third-order valence-corrected chi connectivity index (χ3v) is 3.28. The van der Waals surface area contributed by atoms with Crippen molar-refractivity contribution in [3.05, 3.63) is 40.4 Å². The number of hydrogen-bond acceptors (Lipinski definition) is 4. The molecule has 0 saturated carbocycles. The van der Waals surface area contributed by atoms with E-state index in [0.29, 0.717) is 16.5 Å². The van der Waals surface area contributed by atoms with Crippen LogP contribution >= 0.6 is 11.6 Å². The van der Waals surface area contributed by atoms with Gasteiger partial charge >= 0.3 is 0 Å². The predicted molar refractivity (Wildman–Crippen MR) is 78.5 cm³/mol. The average Bonchev–Trinajstić information content (AvgIpc) is 2.82. The van der Waals surface area contributed by atoms with E-state index in [1.165, 1.54) is 0 Å². The number of nitriles is 1. The van der Waals surface area contributed by atoms with Crippen LogP contribution < -0.4 is 5.32 Å². The Morgan fingerprint density at radius 3 is 2.65 bits per heavy atom. The van der Waals surface area contributed by atoms with E-state index in [0.717, 1.165) is 17.3 Å². The Balaban J connectivity index is 2.25. The van der Waals surface area contributed by atoms with Crippen LogP contribution in [-0.2, 0) is 0 Å². The molecule has 0 aliphatic carbocycles. The summed E-state index contributed by atoms with van der Waals surface area (Å²) in [5.74, 6) is 1.81. The van der Waals surface area contributed by atoms with Crippen LogP contribution in [0, 0.1) is 24.2 Å². The molecule has 1 heterocycles. The summed E-state index contributed by atoms with van der Waals surface area (Å²) in [6.07, 6.45) is 0. The number of rotatable bonds is 4. The predicted octanol–water partition coefficient (Wildman–Crippen LogP) is 3.45. The number of halogens is 1. The molecule has 1 atom stereocenters. The van der Waals surface area contributed by atoms with Gasteiger partial charge in [0, 0.05) is 5.69 Å². The fourth-order valence-corrected chi connectivity index (χ4v) is 2.13. The maximum Gasteiger partial charge on any atom is 0.173 e. The number of nitrogens with zero attached hydrogens (tertiary/aromatic N) is 3. The van der Waals surface area contributed by atoms with Crippen molar-refractivity contribution in [3.8, 4) is 6.07 Å². The molecular formula is C14H16ClN5. The lowest BCUT2D eigenvalue weighted by atomic mass is 10.0. The first-order valence-corrected chi connectivity index (χ1v) is 6.74. The summed E-state index contributed by atoms with van der Waals surface area (Å²) < 4.78 is 0. The molecule has 0 amide bonds. The minimum absolute atomic E-state index is 0.0241. The van der Waals surface area contributed by atoms with Gasteiger partial charge in [-0.15, -0.1) is 0 Å². The number of aromatic nitrogens is 3. The molecule has 104 valence electrons. The smallest absolute Gasteiger partial charge is 0.173 e. The number of anilines is 1. The van der Waals surface area contributed by atoms with Crippen LogP contribution in [0.1, 0.15) is 37.1 Å². The first kappa shape index (κ1) is 14.4. The zero-order chi connectivity index (χ0) is 14.7.